The van der Waals surface area contributed by atoms with Crippen molar-refractivity contribution in [2.75, 3.05) is 6.54 Å². The molecular formula is C24H18ClFN2O4. The second-order valence-electron chi connectivity index (χ2n) is 8.26. The lowest BCUT2D eigenvalue weighted by Crippen LogP contribution is -2.52. The molecule has 0 radical (unpaired) electrons. The van der Waals surface area contributed by atoms with Gasteiger partial charge < -0.3 is 0 Å². The summed E-state index contributed by atoms with van der Waals surface area (Å²) in [6.45, 7) is -0.560. The molecule has 3 aliphatic rings. The first-order valence-corrected chi connectivity index (χ1v) is 10.7. The number of ketones is 1. The molecule has 3 amide bonds. The second kappa shape index (κ2) is 7.67. The van der Waals surface area contributed by atoms with E-state index in [1.807, 2.05) is 12.2 Å². The van der Waals surface area contributed by atoms with Crippen molar-refractivity contribution in [3.63, 3.8) is 0 Å². The Bertz CT molecular complexity index is 1150. The van der Waals surface area contributed by atoms with E-state index in [9.17, 15) is 23.6 Å². The van der Waals surface area contributed by atoms with E-state index in [0.717, 1.165) is 28.6 Å². The first kappa shape index (κ1) is 20.6. The summed E-state index contributed by atoms with van der Waals surface area (Å²) in [5.41, 5.74) is 0.226. The maximum absolute atomic E-state index is 13.4. The Morgan fingerprint density at radius 1 is 0.969 bits per heavy atom. The predicted molar refractivity (Wildman–Crippen MR) is 113 cm³/mol. The van der Waals surface area contributed by atoms with Gasteiger partial charge in [0.15, 0.2) is 5.78 Å². The number of carbonyl (C=O) groups is 4. The Kier molecular flexibility index (Phi) is 4.93. The molecule has 1 aliphatic heterocycles. The van der Waals surface area contributed by atoms with Crippen LogP contribution < -0.4 is 0 Å². The number of nitrogens with zero attached hydrogens (tertiary/aromatic N) is 2. The lowest BCUT2D eigenvalue weighted by atomic mass is 9.85. The van der Waals surface area contributed by atoms with Crippen LogP contribution in [0.5, 0.6) is 0 Å². The second-order valence-corrected chi connectivity index (χ2v) is 8.67. The van der Waals surface area contributed by atoms with E-state index >= 15 is 0 Å². The summed E-state index contributed by atoms with van der Waals surface area (Å²) < 4.78 is 13.3. The zero-order valence-corrected chi connectivity index (χ0v) is 17.5. The number of hydrogen-bond donors (Lipinski definition) is 0. The van der Waals surface area contributed by atoms with Gasteiger partial charge >= 0.3 is 0 Å². The van der Waals surface area contributed by atoms with Gasteiger partial charge in [-0.05, 0) is 54.7 Å². The van der Waals surface area contributed by atoms with Gasteiger partial charge in [-0.1, -0.05) is 35.9 Å². The molecular weight excluding hydrogens is 435 g/mol. The third-order valence-corrected chi connectivity index (χ3v) is 6.82. The molecule has 5 rings (SSSR count). The molecule has 0 N–H and O–H groups in total. The third-order valence-electron chi connectivity index (χ3n) is 6.49. The number of imide groups is 1. The van der Waals surface area contributed by atoms with Crippen molar-refractivity contribution < 1.29 is 23.6 Å². The highest BCUT2D eigenvalue weighted by Crippen LogP contribution is 2.52. The molecule has 2 fully saturated rings. The summed E-state index contributed by atoms with van der Waals surface area (Å²) in [4.78, 5) is 53.0. The van der Waals surface area contributed by atoms with Crippen molar-refractivity contribution in [3.05, 3.63) is 82.6 Å². The van der Waals surface area contributed by atoms with Crippen molar-refractivity contribution >= 4 is 35.1 Å². The molecule has 162 valence electrons. The first-order chi connectivity index (χ1) is 15.4. The molecule has 2 aromatic rings. The van der Waals surface area contributed by atoms with Gasteiger partial charge in [0.2, 0.25) is 0 Å². The molecule has 1 saturated carbocycles. The van der Waals surface area contributed by atoms with Crippen molar-refractivity contribution in [3.8, 4) is 0 Å². The van der Waals surface area contributed by atoms with Gasteiger partial charge in [-0.15, -0.1) is 0 Å². The van der Waals surface area contributed by atoms with Crippen LogP contribution in [0.3, 0.4) is 0 Å². The number of rotatable bonds is 5. The van der Waals surface area contributed by atoms with Crippen molar-refractivity contribution in [2.45, 2.75) is 6.42 Å². The molecule has 8 heteroatoms. The van der Waals surface area contributed by atoms with Crippen LogP contribution in [0.4, 0.5) is 4.39 Å². The molecule has 0 aromatic heterocycles. The number of carbonyl (C=O) groups excluding carboxylic acids is 4. The van der Waals surface area contributed by atoms with Crippen molar-refractivity contribution in [1.82, 2.24) is 10.0 Å². The smallest absolute Gasteiger partial charge is 0.274 e. The van der Waals surface area contributed by atoms with E-state index in [-0.39, 0.29) is 28.0 Å². The lowest BCUT2D eigenvalue weighted by Gasteiger charge is -2.31. The topological polar surface area (TPSA) is 74.8 Å². The molecule has 0 spiro atoms. The summed E-state index contributed by atoms with van der Waals surface area (Å²) in [5.74, 6) is -3.88. The number of Topliss-reactive ketones (excluding diaryl/α,β-unsaturated/α-hetero) is 1. The minimum Gasteiger partial charge on any atom is -0.292 e. The Balaban J connectivity index is 1.51. The van der Waals surface area contributed by atoms with Gasteiger partial charge in [0.1, 0.15) is 12.4 Å². The number of benzene rings is 2. The largest absolute Gasteiger partial charge is 0.292 e. The highest BCUT2D eigenvalue weighted by atomic mass is 35.5. The standard InChI is InChI=1S/C24H18ClFN2O4/c25-18-4-2-1-3-17(18)22(30)27(12-19(29)13-7-9-16(26)10-8-13)28-23(31)20-14-5-6-15(11-14)21(20)24(28)32/h1-10,14-15,20-21H,11-12H2/t14-,15-,20+,21+/m0/s1. The zero-order valence-electron chi connectivity index (χ0n) is 16.8. The highest BCUT2D eigenvalue weighted by molar-refractivity contribution is 6.34. The minimum atomic E-state index is -0.729. The lowest BCUT2D eigenvalue weighted by molar-refractivity contribution is -0.154. The molecule has 2 bridgehead atoms. The summed E-state index contributed by atoms with van der Waals surface area (Å²) in [6.07, 6.45) is 4.64. The van der Waals surface area contributed by atoms with Gasteiger partial charge in [-0.25, -0.2) is 9.40 Å². The third kappa shape index (κ3) is 3.15. The monoisotopic (exact) mass is 452 g/mol. The zero-order chi connectivity index (χ0) is 22.6. The Hall–Kier alpha value is -3.32. The van der Waals surface area contributed by atoms with Crippen LogP contribution in [0.2, 0.25) is 5.02 Å². The summed E-state index contributed by atoms with van der Waals surface area (Å²) >= 11 is 6.19. The summed E-state index contributed by atoms with van der Waals surface area (Å²) in [6, 6.07) is 11.1. The van der Waals surface area contributed by atoms with Crippen LogP contribution in [-0.2, 0) is 9.59 Å². The van der Waals surface area contributed by atoms with Gasteiger partial charge in [0.05, 0.1) is 22.4 Å². The fraction of sp³-hybridized carbons (Fsp3) is 0.250. The van der Waals surface area contributed by atoms with E-state index < -0.39 is 47.7 Å². The van der Waals surface area contributed by atoms with E-state index in [4.69, 9.17) is 11.6 Å². The molecule has 6 nitrogen and oxygen atoms in total. The van der Waals surface area contributed by atoms with Gasteiger partial charge in [0.25, 0.3) is 17.7 Å². The average molecular weight is 453 g/mol. The minimum absolute atomic E-state index is 0.0449. The van der Waals surface area contributed by atoms with Gasteiger partial charge in [-0.3, -0.25) is 19.2 Å². The molecule has 0 unspecified atom stereocenters. The van der Waals surface area contributed by atoms with Crippen molar-refractivity contribution in [2.24, 2.45) is 23.7 Å². The average Bonchev–Trinajstić information content (AvgIpc) is 3.46. The van der Waals surface area contributed by atoms with Crippen LogP contribution in [-0.4, -0.2) is 40.1 Å². The normalized spacial score (nSPS) is 25.4. The fourth-order valence-electron chi connectivity index (χ4n) is 4.99. The fourth-order valence-corrected chi connectivity index (χ4v) is 5.21. The van der Waals surface area contributed by atoms with Crippen LogP contribution in [0.1, 0.15) is 27.1 Å². The van der Waals surface area contributed by atoms with Crippen LogP contribution >= 0.6 is 11.6 Å². The number of fused-ring (bicyclic) bond motifs is 5. The van der Waals surface area contributed by atoms with Crippen LogP contribution in [0, 0.1) is 29.5 Å². The van der Waals surface area contributed by atoms with Crippen LogP contribution in [0.25, 0.3) is 0 Å². The van der Waals surface area contributed by atoms with E-state index in [2.05, 4.69) is 0 Å². The van der Waals surface area contributed by atoms with E-state index in [1.54, 1.807) is 12.1 Å². The van der Waals surface area contributed by atoms with Crippen molar-refractivity contribution in [1.29, 1.82) is 0 Å². The summed E-state index contributed by atoms with van der Waals surface area (Å²) in [7, 11) is 0. The van der Waals surface area contributed by atoms with E-state index in [0.29, 0.717) is 0 Å². The highest BCUT2D eigenvalue weighted by Gasteiger charge is 2.61. The predicted octanol–water partition coefficient (Wildman–Crippen LogP) is 3.53. The van der Waals surface area contributed by atoms with Gasteiger partial charge in [-0.2, -0.15) is 5.01 Å². The maximum Gasteiger partial charge on any atom is 0.274 e. The number of hydrogen-bond acceptors (Lipinski definition) is 4. The molecule has 4 atom stereocenters. The SMILES string of the molecule is O=C(CN(C(=O)c1ccccc1Cl)N1C(=O)[C@H]2[C@H](C1=O)[C@H]1C=C[C@H]2C1)c1ccc(F)cc1. The van der Waals surface area contributed by atoms with Gasteiger partial charge in [0, 0.05) is 5.56 Å². The number of hydrazine groups is 1. The number of allylic oxidation sites excluding steroid dienone is 2. The molecule has 2 aliphatic carbocycles. The molecule has 1 saturated heterocycles. The summed E-state index contributed by atoms with van der Waals surface area (Å²) in [5, 5.41) is 1.85. The molecule has 32 heavy (non-hydrogen) atoms. The van der Waals surface area contributed by atoms with E-state index in [1.165, 1.54) is 24.3 Å². The first-order valence-electron chi connectivity index (χ1n) is 10.3. The quantitative estimate of drug-likeness (QED) is 0.395. The number of halogens is 2. The Labute approximate surface area is 188 Å². The van der Waals surface area contributed by atoms with Crippen LogP contribution in [0.15, 0.2) is 60.7 Å². The Morgan fingerprint density at radius 2 is 1.56 bits per heavy atom. The maximum atomic E-state index is 13.4. The number of amides is 3. The Morgan fingerprint density at radius 3 is 2.16 bits per heavy atom. The molecule has 1 heterocycles. The molecule has 2 aromatic carbocycles.